The normalized spacial score (nSPS) is 13.5. The van der Waals surface area contributed by atoms with Crippen LogP contribution in [0.1, 0.15) is 5.56 Å². The molecule has 1 aliphatic rings. The lowest BCUT2D eigenvalue weighted by Gasteiger charge is -2.27. The average Bonchev–Trinajstić information content (AvgIpc) is 2.39. The van der Waals surface area contributed by atoms with Crippen molar-refractivity contribution in [3.05, 3.63) is 58.6 Å². The molecule has 0 saturated heterocycles. The van der Waals surface area contributed by atoms with Crippen LogP contribution in [-0.4, -0.2) is 12.8 Å². The lowest BCUT2D eigenvalue weighted by Crippen LogP contribution is -2.26. The van der Waals surface area contributed by atoms with Gasteiger partial charge in [-0.25, -0.2) is 0 Å². The van der Waals surface area contributed by atoms with Crippen LogP contribution in [-0.2, 0) is 6.54 Å². The van der Waals surface area contributed by atoms with E-state index in [0.29, 0.717) is 0 Å². The Hall–Kier alpha value is -1.61. The van der Waals surface area contributed by atoms with E-state index in [9.17, 15) is 0 Å². The molecular weight excluding hydrogens is 288 g/mol. The van der Waals surface area contributed by atoms with Gasteiger partial charge in [0.2, 0.25) is 0 Å². The number of rotatable bonds is 2. The number of hydrogen-bond acceptors (Lipinski definition) is 2. The second kappa shape index (κ2) is 4.94. The molecule has 18 heavy (non-hydrogen) atoms. The first-order valence-electron chi connectivity index (χ1n) is 5.94. The fourth-order valence-electron chi connectivity index (χ4n) is 2.18. The van der Waals surface area contributed by atoms with Crippen molar-refractivity contribution in [3.63, 3.8) is 0 Å². The second-order valence-electron chi connectivity index (χ2n) is 4.31. The third-order valence-electron chi connectivity index (χ3n) is 3.02. The molecule has 3 rings (SSSR count). The molecule has 0 spiro atoms. The highest BCUT2D eigenvalue weighted by molar-refractivity contribution is 9.10. The van der Waals surface area contributed by atoms with Gasteiger partial charge in [-0.2, -0.15) is 0 Å². The molecule has 0 bridgehead atoms. The lowest BCUT2D eigenvalue weighted by atomic mass is 10.1. The molecule has 3 heteroatoms. The van der Waals surface area contributed by atoms with E-state index in [1.54, 1.807) is 0 Å². The van der Waals surface area contributed by atoms with Gasteiger partial charge in [0.25, 0.3) is 0 Å². The van der Waals surface area contributed by atoms with Crippen LogP contribution in [0.2, 0.25) is 0 Å². The van der Waals surface area contributed by atoms with Gasteiger partial charge in [0.05, 0.1) is 17.9 Å². The number of nitrogens with zero attached hydrogens (tertiary/aromatic N) is 2. The van der Waals surface area contributed by atoms with Crippen molar-refractivity contribution in [1.82, 2.24) is 0 Å². The molecule has 0 N–H and O–H groups in total. The summed E-state index contributed by atoms with van der Waals surface area (Å²) >= 11 is 3.51. The van der Waals surface area contributed by atoms with Crippen LogP contribution in [0.4, 0.5) is 11.4 Å². The summed E-state index contributed by atoms with van der Waals surface area (Å²) in [4.78, 5) is 6.76. The highest BCUT2D eigenvalue weighted by atomic mass is 79.9. The molecular formula is C15H13BrN2. The maximum atomic E-state index is 4.43. The molecule has 2 nitrogen and oxygen atoms in total. The van der Waals surface area contributed by atoms with E-state index in [4.69, 9.17) is 0 Å². The highest BCUT2D eigenvalue weighted by Gasteiger charge is 2.13. The van der Waals surface area contributed by atoms with Crippen LogP contribution in [0.25, 0.3) is 0 Å². The Morgan fingerprint density at radius 3 is 2.89 bits per heavy atom. The Kier molecular flexibility index (Phi) is 3.15. The van der Waals surface area contributed by atoms with Crippen molar-refractivity contribution in [1.29, 1.82) is 0 Å². The summed E-state index contributed by atoms with van der Waals surface area (Å²) in [5.41, 5.74) is 3.56. The number of para-hydroxylation sites is 2. The van der Waals surface area contributed by atoms with Crippen molar-refractivity contribution in [2.75, 3.05) is 11.4 Å². The third kappa shape index (κ3) is 2.31. The van der Waals surface area contributed by atoms with Crippen LogP contribution < -0.4 is 4.90 Å². The molecule has 0 saturated carbocycles. The van der Waals surface area contributed by atoms with Gasteiger partial charge in [-0.1, -0.05) is 40.2 Å². The monoisotopic (exact) mass is 300 g/mol. The minimum atomic E-state index is 0.865. The summed E-state index contributed by atoms with van der Waals surface area (Å²) < 4.78 is 1.12. The number of anilines is 1. The largest absolute Gasteiger partial charge is 0.360 e. The zero-order valence-electron chi connectivity index (χ0n) is 9.88. The van der Waals surface area contributed by atoms with E-state index < -0.39 is 0 Å². The first kappa shape index (κ1) is 11.5. The van der Waals surface area contributed by atoms with E-state index in [1.807, 2.05) is 12.3 Å². The molecule has 0 amide bonds. The van der Waals surface area contributed by atoms with E-state index in [2.05, 4.69) is 68.3 Å². The van der Waals surface area contributed by atoms with Gasteiger partial charge in [-0.15, -0.1) is 0 Å². The van der Waals surface area contributed by atoms with E-state index in [1.165, 1.54) is 11.3 Å². The molecule has 0 radical (unpaired) electrons. The van der Waals surface area contributed by atoms with Crippen molar-refractivity contribution >= 4 is 33.5 Å². The Morgan fingerprint density at radius 1 is 1.11 bits per heavy atom. The number of benzene rings is 2. The van der Waals surface area contributed by atoms with Crippen LogP contribution in [0, 0.1) is 0 Å². The lowest BCUT2D eigenvalue weighted by molar-refractivity contribution is 0.880. The molecule has 2 aromatic carbocycles. The molecule has 0 atom stereocenters. The molecule has 2 aromatic rings. The Labute approximate surface area is 115 Å². The van der Waals surface area contributed by atoms with E-state index >= 15 is 0 Å². The second-order valence-corrected chi connectivity index (χ2v) is 5.23. The quantitative estimate of drug-likeness (QED) is 0.813. The molecule has 0 aliphatic carbocycles. The van der Waals surface area contributed by atoms with Gasteiger partial charge >= 0.3 is 0 Å². The van der Waals surface area contributed by atoms with Crippen molar-refractivity contribution in [2.45, 2.75) is 6.54 Å². The zero-order chi connectivity index (χ0) is 12.4. The number of aliphatic imine (C=N–C) groups is 1. The number of halogens is 1. The third-order valence-corrected chi connectivity index (χ3v) is 3.51. The molecule has 1 aliphatic heterocycles. The van der Waals surface area contributed by atoms with E-state index in [-0.39, 0.29) is 0 Å². The SMILES string of the molecule is Brc1cccc(CN2CC=Nc3ccccc32)c1. The summed E-state index contributed by atoms with van der Waals surface area (Å²) in [7, 11) is 0. The van der Waals surface area contributed by atoms with Crippen LogP contribution in [0.3, 0.4) is 0 Å². The Balaban J connectivity index is 1.88. The molecule has 90 valence electrons. The average molecular weight is 301 g/mol. The topological polar surface area (TPSA) is 15.6 Å². The van der Waals surface area contributed by atoms with Crippen LogP contribution >= 0.6 is 15.9 Å². The molecule has 0 unspecified atom stereocenters. The maximum absolute atomic E-state index is 4.43. The standard InChI is InChI=1S/C15H13BrN2/c16-13-5-3-4-12(10-13)11-18-9-8-17-14-6-1-2-7-15(14)18/h1-8,10H,9,11H2. The van der Waals surface area contributed by atoms with Crippen LogP contribution in [0.5, 0.6) is 0 Å². The first-order chi connectivity index (χ1) is 8.83. The minimum Gasteiger partial charge on any atom is -0.360 e. The Bertz CT molecular complexity index is 593. The molecule has 0 fully saturated rings. The van der Waals surface area contributed by atoms with Crippen molar-refractivity contribution in [2.24, 2.45) is 4.99 Å². The summed E-state index contributed by atoms with van der Waals surface area (Å²) in [6, 6.07) is 16.7. The maximum Gasteiger partial charge on any atom is 0.0860 e. The van der Waals surface area contributed by atoms with Gasteiger partial charge < -0.3 is 4.90 Å². The summed E-state index contributed by atoms with van der Waals surface area (Å²) in [5.74, 6) is 0. The van der Waals surface area contributed by atoms with Gasteiger partial charge in [-0.05, 0) is 29.8 Å². The smallest absolute Gasteiger partial charge is 0.0860 e. The minimum absolute atomic E-state index is 0.865. The highest BCUT2D eigenvalue weighted by Crippen LogP contribution is 2.31. The summed E-state index contributed by atoms with van der Waals surface area (Å²) in [5, 5.41) is 0. The fourth-order valence-corrected chi connectivity index (χ4v) is 2.63. The first-order valence-corrected chi connectivity index (χ1v) is 6.73. The van der Waals surface area contributed by atoms with Crippen LogP contribution in [0.15, 0.2) is 58.0 Å². The van der Waals surface area contributed by atoms with Gasteiger partial charge in [0.1, 0.15) is 0 Å². The van der Waals surface area contributed by atoms with Gasteiger partial charge in [0, 0.05) is 17.2 Å². The predicted molar refractivity (Wildman–Crippen MR) is 79.8 cm³/mol. The number of fused-ring (bicyclic) bond motifs is 1. The predicted octanol–water partition coefficient (Wildman–Crippen LogP) is 4.17. The Morgan fingerprint density at radius 2 is 2.00 bits per heavy atom. The van der Waals surface area contributed by atoms with E-state index in [0.717, 1.165) is 23.2 Å². The van der Waals surface area contributed by atoms with Gasteiger partial charge in [0.15, 0.2) is 0 Å². The molecule has 0 aromatic heterocycles. The summed E-state index contributed by atoms with van der Waals surface area (Å²) in [6.45, 7) is 1.77. The molecule has 1 heterocycles. The van der Waals surface area contributed by atoms with Crippen molar-refractivity contribution in [3.8, 4) is 0 Å². The van der Waals surface area contributed by atoms with Gasteiger partial charge in [-0.3, -0.25) is 4.99 Å². The summed E-state index contributed by atoms with van der Waals surface area (Å²) in [6.07, 6.45) is 1.97. The zero-order valence-corrected chi connectivity index (χ0v) is 11.5. The fraction of sp³-hybridized carbons (Fsp3) is 0.133. The van der Waals surface area contributed by atoms with Crippen molar-refractivity contribution < 1.29 is 0 Å². The number of hydrogen-bond donors (Lipinski definition) is 0.